The van der Waals surface area contributed by atoms with Crippen LogP contribution in [-0.4, -0.2) is 71.8 Å². The molecule has 7 aromatic carbocycles. The summed E-state index contributed by atoms with van der Waals surface area (Å²) in [5, 5.41) is 7.47. The smallest absolute Gasteiger partial charge is 0.227 e. The van der Waals surface area contributed by atoms with E-state index in [9.17, 15) is 14.4 Å². The first-order valence-electron chi connectivity index (χ1n) is 31.8. The molecule has 15 heteroatoms. The molecule has 12 aromatic rings. The quantitative estimate of drug-likeness (QED) is 0.0246. The Morgan fingerprint density at radius 1 is 0.398 bits per heavy atom. The highest BCUT2D eigenvalue weighted by molar-refractivity contribution is 6.00. The molecule has 13 rings (SSSR count). The molecule has 8 N–H and O–H groups in total. The summed E-state index contributed by atoms with van der Waals surface area (Å²) >= 11 is 0. The van der Waals surface area contributed by atoms with Gasteiger partial charge in [-0.25, -0.2) is 0 Å². The van der Waals surface area contributed by atoms with E-state index in [4.69, 9.17) is 5.73 Å². The van der Waals surface area contributed by atoms with Gasteiger partial charge in [-0.05, 0) is 108 Å². The number of aromatic amines is 5. The Kier molecular flexibility index (Phi) is 17.7. The van der Waals surface area contributed by atoms with E-state index < -0.39 is 47.3 Å². The van der Waals surface area contributed by atoms with Crippen molar-refractivity contribution >= 4 is 101 Å². The molecule has 464 valence electrons. The van der Waals surface area contributed by atoms with Crippen molar-refractivity contribution in [2.24, 2.45) is 29.4 Å². The predicted octanol–water partition coefficient (Wildman–Crippen LogP) is 12.6. The Bertz CT molecular complexity index is 4890. The molecule has 0 radical (unpaired) electrons. The van der Waals surface area contributed by atoms with Crippen LogP contribution in [0.25, 0.3) is 54.5 Å². The van der Waals surface area contributed by atoms with Crippen LogP contribution in [0, 0.1) is 35.5 Å². The lowest BCUT2D eigenvalue weighted by atomic mass is 9.78. The van der Waals surface area contributed by atoms with Crippen molar-refractivity contribution in [3.8, 4) is 11.8 Å². The van der Waals surface area contributed by atoms with Gasteiger partial charge in [0.2, 0.25) is 17.7 Å². The van der Waals surface area contributed by atoms with Gasteiger partial charge >= 0.3 is 0 Å². The molecule has 1 aliphatic rings. The largest absolute Gasteiger partial charge is 0.369 e. The molecule has 0 aliphatic carbocycles. The van der Waals surface area contributed by atoms with Gasteiger partial charge in [-0.2, -0.15) is 0 Å². The fourth-order valence-electron chi connectivity index (χ4n) is 13.6. The summed E-state index contributed by atoms with van der Waals surface area (Å²) in [6, 6.07) is 52.6. The van der Waals surface area contributed by atoms with Gasteiger partial charge in [-0.15, -0.1) is 0 Å². The van der Waals surface area contributed by atoms with Crippen molar-refractivity contribution in [3.05, 3.63) is 245 Å². The Hall–Kier alpha value is -11.1. The van der Waals surface area contributed by atoms with E-state index in [-0.39, 0.29) is 100 Å². The second-order valence-corrected chi connectivity index (χ2v) is 24.7. The minimum absolute atomic E-state index is 0.0807. The maximum absolute atomic E-state index is 15.8. The van der Waals surface area contributed by atoms with Gasteiger partial charge < -0.3 is 40.9 Å². The highest BCUT2D eigenvalue weighted by atomic mass is 16.2. The number of para-hydroxylation sites is 6. The lowest BCUT2D eigenvalue weighted by molar-refractivity contribution is -0.134. The summed E-state index contributed by atoms with van der Waals surface area (Å²) in [5.41, 5.74) is 17.5. The number of nitrogens with two attached hydrogens (primary N) is 1. The van der Waals surface area contributed by atoms with Crippen LogP contribution in [0.5, 0.6) is 0 Å². The van der Waals surface area contributed by atoms with Crippen LogP contribution >= 0.6 is 0 Å². The number of Topliss-reactive ketones (excluding diaryl/α,β-unsaturated/α-hetero) is 4. The zero-order chi connectivity index (χ0) is 64.0. The fraction of sp³-hybridized carbons (Fsp3) is 0.218. The molecular weight excluding hydrogens is 1160 g/mol. The van der Waals surface area contributed by atoms with Gasteiger partial charge in [0.1, 0.15) is 17.3 Å². The number of benzene rings is 7. The molecule has 15 nitrogen and oxygen atoms in total. The highest BCUT2D eigenvalue weighted by Crippen LogP contribution is 2.34. The average Bonchev–Trinajstić information content (AvgIpc) is 1.34. The lowest BCUT2D eigenvalue weighted by Crippen LogP contribution is -2.44. The van der Waals surface area contributed by atoms with Crippen LogP contribution in [0.2, 0.25) is 0 Å². The third kappa shape index (κ3) is 13.5. The number of fused-ring (bicyclic) bond motifs is 7. The number of hydrogen-bond acceptors (Lipinski definition) is 7. The minimum Gasteiger partial charge on any atom is -0.369 e. The topological polar surface area (TPSA) is 240 Å². The number of nitrogens with zero attached hydrogens (tertiary/aromatic N) is 1. The zero-order valence-electron chi connectivity index (χ0n) is 51.3. The average molecular weight is 1230 g/mol. The maximum Gasteiger partial charge on any atom is 0.227 e. The number of anilines is 1. The van der Waals surface area contributed by atoms with Crippen LogP contribution in [0.15, 0.2) is 201 Å². The SMILES string of the molecule is NC(=O)C(CC(=O)C(CC(=O)C(CC(=O)C(CC(=O)C(Cc1c[nH]c2ccccc12)NC(=O)CCC(=O)N1Cc2ccccc2C#Cc2ccccc21)Cc1c[nH]c2ccccc12)Cc1c[nH]c2ccccc12)Cc1c[nH]c2ccccc12)Cc1c[nH]c2ccccc12. The molecule has 0 saturated carbocycles. The van der Waals surface area contributed by atoms with E-state index in [0.29, 0.717) is 11.3 Å². The van der Waals surface area contributed by atoms with Gasteiger partial charge in [-0.3, -0.25) is 33.6 Å². The predicted molar refractivity (Wildman–Crippen MR) is 363 cm³/mol. The number of carbonyl (C=O) groups is 7. The monoisotopic (exact) mass is 1230 g/mol. The number of carbonyl (C=O) groups excluding carboxylic acids is 7. The second-order valence-electron chi connectivity index (χ2n) is 24.7. The molecule has 5 atom stereocenters. The van der Waals surface area contributed by atoms with Gasteiger partial charge in [0, 0.05) is 165 Å². The van der Waals surface area contributed by atoms with Gasteiger partial charge in [-0.1, -0.05) is 133 Å². The first-order valence-corrected chi connectivity index (χ1v) is 31.8. The third-order valence-corrected chi connectivity index (χ3v) is 18.7. The molecule has 0 spiro atoms. The number of rotatable bonds is 27. The van der Waals surface area contributed by atoms with Crippen LogP contribution < -0.4 is 16.0 Å². The number of hydrogen-bond donors (Lipinski definition) is 7. The summed E-state index contributed by atoms with van der Waals surface area (Å²) in [6.07, 6.45) is 8.54. The van der Waals surface area contributed by atoms with E-state index in [1.165, 1.54) is 0 Å². The standard InChI is InChI=1S/C78H70N8O7/c79-78(93)54(36-58-45-83-68-26-12-7-21-63(58)68)41-74(89)52(34-56-43-81-66-24-10-5-19-61(56)66)39-72(87)51(33-55-42-80-65-23-9-4-18-60(55)65)38-73(88)53(35-57-44-82-67-25-11-6-20-62(57)67)40-75(90)70(37-59-46-84-69-27-13-8-22-64(59)69)85-76(91)31-32-77(92)86-47-50-17-2-1-15-48(50)29-30-49-16-3-14-28-71(49)86/h1-28,42-46,51-54,70,80-84H,31-41,47H2,(H2,79,93)(H,85,91). The van der Waals surface area contributed by atoms with E-state index in [0.717, 1.165) is 93.5 Å². The minimum atomic E-state index is -1.13. The van der Waals surface area contributed by atoms with E-state index in [2.05, 4.69) is 42.1 Å². The molecule has 0 saturated heterocycles. The summed E-state index contributed by atoms with van der Waals surface area (Å²) in [5.74, 6) is -0.0317. The number of H-pyrrole nitrogens is 5. The van der Waals surface area contributed by atoms with Crippen molar-refractivity contribution < 1.29 is 33.6 Å². The fourth-order valence-corrected chi connectivity index (χ4v) is 13.6. The summed E-state index contributed by atoms with van der Waals surface area (Å²) in [7, 11) is 0. The zero-order valence-corrected chi connectivity index (χ0v) is 51.3. The first-order chi connectivity index (χ1) is 45.4. The molecule has 5 aromatic heterocycles. The van der Waals surface area contributed by atoms with Crippen LogP contribution in [0.4, 0.5) is 5.69 Å². The molecule has 0 fully saturated rings. The Morgan fingerprint density at radius 2 is 0.742 bits per heavy atom. The molecule has 1 aliphatic heterocycles. The number of primary amides is 1. The second kappa shape index (κ2) is 27.2. The maximum atomic E-state index is 15.8. The Labute approximate surface area is 536 Å². The molecular formula is C78H70N8O7. The van der Waals surface area contributed by atoms with E-state index in [1.54, 1.807) is 4.90 Å². The molecule has 0 bridgehead atoms. The lowest BCUT2D eigenvalue weighted by Gasteiger charge is -2.26. The molecule has 5 unspecified atom stereocenters. The number of aromatic nitrogens is 5. The molecule has 6 heterocycles. The summed E-state index contributed by atoms with van der Waals surface area (Å²) < 4.78 is 0. The van der Waals surface area contributed by atoms with Crippen molar-refractivity contribution in [2.75, 3.05) is 4.90 Å². The van der Waals surface area contributed by atoms with Gasteiger partial charge in [0.15, 0.2) is 5.78 Å². The third-order valence-electron chi connectivity index (χ3n) is 18.7. The van der Waals surface area contributed by atoms with Gasteiger partial charge in [0.05, 0.1) is 18.3 Å². The van der Waals surface area contributed by atoms with Crippen molar-refractivity contribution in [2.45, 2.75) is 83.2 Å². The molecule has 93 heavy (non-hydrogen) atoms. The Balaban J connectivity index is 0.804. The van der Waals surface area contributed by atoms with Gasteiger partial charge in [0.25, 0.3) is 0 Å². The molecule has 3 amide bonds. The van der Waals surface area contributed by atoms with E-state index >= 15 is 19.2 Å². The number of ketones is 4. The highest BCUT2D eigenvalue weighted by Gasteiger charge is 2.36. The Morgan fingerprint density at radius 3 is 1.18 bits per heavy atom. The first kappa shape index (κ1) is 60.8. The van der Waals surface area contributed by atoms with Crippen molar-refractivity contribution in [3.63, 3.8) is 0 Å². The summed E-state index contributed by atoms with van der Waals surface area (Å²) in [4.78, 5) is 123. The summed E-state index contributed by atoms with van der Waals surface area (Å²) in [6.45, 7) is 0.248. The van der Waals surface area contributed by atoms with Crippen LogP contribution in [-0.2, 0) is 72.2 Å². The van der Waals surface area contributed by atoms with Crippen molar-refractivity contribution in [1.29, 1.82) is 0 Å². The number of nitrogens with one attached hydrogen (secondary N) is 6. The van der Waals surface area contributed by atoms with E-state index in [1.807, 2.05) is 201 Å². The van der Waals surface area contributed by atoms with Crippen molar-refractivity contribution in [1.82, 2.24) is 30.2 Å². The number of amides is 3. The van der Waals surface area contributed by atoms with Crippen LogP contribution in [0.3, 0.4) is 0 Å². The van der Waals surface area contributed by atoms with Crippen LogP contribution in [0.1, 0.15) is 83.0 Å². The normalized spacial score (nSPS) is 13.7.